The predicted octanol–water partition coefficient (Wildman–Crippen LogP) is 5.15. The van der Waals surface area contributed by atoms with Crippen molar-refractivity contribution >= 4 is 33.0 Å². The summed E-state index contributed by atoms with van der Waals surface area (Å²) in [6.45, 7) is 2.77. The number of fused-ring (bicyclic) bond motifs is 1. The number of nitrogens with zero attached hydrogens (tertiary/aromatic N) is 2. The van der Waals surface area contributed by atoms with Crippen molar-refractivity contribution in [1.82, 2.24) is 4.98 Å². The number of hydrogen-bond donors (Lipinski definition) is 2. The second kappa shape index (κ2) is 9.06. The highest BCUT2D eigenvalue weighted by Crippen LogP contribution is 2.41. The highest BCUT2D eigenvalue weighted by molar-refractivity contribution is 7.92. The maximum Gasteiger partial charge on any atom is 0.416 e. The Kier molecular flexibility index (Phi) is 6.52. The molecular weight excluding hydrogens is 519 g/mol. The number of halogens is 4. The molecule has 0 radical (unpaired) electrons. The summed E-state index contributed by atoms with van der Waals surface area (Å²) >= 11 is 6.19. The maximum absolute atomic E-state index is 13.6. The van der Waals surface area contributed by atoms with Crippen molar-refractivity contribution in [3.05, 3.63) is 70.7 Å². The molecule has 12 heteroatoms. The zero-order valence-corrected chi connectivity index (χ0v) is 20.7. The largest absolute Gasteiger partial charge is 0.468 e. The predicted molar refractivity (Wildman–Crippen MR) is 129 cm³/mol. The van der Waals surface area contributed by atoms with E-state index in [4.69, 9.17) is 21.7 Å². The first-order valence-corrected chi connectivity index (χ1v) is 12.4. The van der Waals surface area contributed by atoms with E-state index in [1.165, 1.54) is 42.5 Å². The third kappa shape index (κ3) is 4.91. The summed E-state index contributed by atoms with van der Waals surface area (Å²) < 4.78 is 73.0. The van der Waals surface area contributed by atoms with Gasteiger partial charge in [-0.25, -0.2) is 13.4 Å². The molecule has 2 heterocycles. The van der Waals surface area contributed by atoms with Crippen LogP contribution in [0.25, 0.3) is 11.3 Å². The molecule has 7 nitrogen and oxygen atoms in total. The van der Waals surface area contributed by atoms with Gasteiger partial charge in [0.25, 0.3) is 10.0 Å². The monoisotopic (exact) mass is 539 g/mol. The molecule has 0 bridgehead atoms. The lowest BCUT2D eigenvalue weighted by Crippen LogP contribution is -2.49. The Morgan fingerprint density at radius 2 is 1.83 bits per heavy atom. The number of alkyl halides is 3. The summed E-state index contributed by atoms with van der Waals surface area (Å²) in [5, 5.41) is 16.9. The minimum absolute atomic E-state index is 0.00125. The van der Waals surface area contributed by atoms with Gasteiger partial charge in [-0.15, -0.1) is 0 Å². The molecule has 190 valence electrons. The molecule has 0 fully saturated rings. The van der Waals surface area contributed by atoms with Crippen LogP contribution < -0.4 is 9.04 Å². The summed E-state index contributed by atoms with van der Waals surface area (Å²) in [4.78, 5) is 4.28. The van der Waals surface area contributed by atoms with E-state index in [2.05, 4.69) is 4.98 Å². The average molecular weight is 540 g/mol. The molecule has 0 spiro atoms. The van der Waals surface area contributed by atoms with Gasteiger partial charge in [0.05, 0.1) is 40.0 Å². The van der Waals surface area contributed by atoms with Crippen molar-refractivity contribution in [3.63, 3.8) is 0 Å². The lowest BCUT2D eigenvalue weighted by molar-refractivity contribution is -0.137. The molecule has 0 aliphatic carbocycles. The van der Waals surface area contributed by atoms with E-state index in [1.807, 2.05) is 0 Å². The molecule has 0 unspecified atom stereocenters. The van der Waals surface area contributed by atoms with E-state index in [-0.39, 0.29) is 39.3 Å². The smallest absolute Gasteiger partial charge is 0.416 e. The molecule has 1 aromatic heterocycles. The van der Waals surface area contributed by atoms with Gasteiger partial charge in [-0.2, -0.15) is 13.2 Å². The first-order valence-electron chi connectivity index (χ1n) is 10.6. The molecule has 2 N–H and O–H groups in total. The second-order valence-corrected chi connectivity index (χ2v) is 11.0. The minimum Gasteiger partial charge on any atom is -0.468 e. The summed E-state index contributed by atoms with van der Waals surface area (Å²) in [7, 11) is -4.15. The van der Waals surface area contributed by atoms with Crippen LogP contribution in [0.2, 0.25) is 5.02 Å². The summed E-state index contributed by atoms with van der Waals surface area (Å²) in [6.07, 6.45) is -4.47. The standard InChI is InChI=1S/C24H21ClF3N3O4S/c1-23(2)13-31(36(33,34)16-7-8-17(18(25)11-16)19(29)12-32)21-10-9-20(30-22(21)35-23)14-3-5-15(6-4-14)24(26,27)28/h3-11,29,32H,12-13H2,1-2H3. The molecule has 1 aliphatic heterocycles. The number of aliphatic hydroxyl groups excluding tert-OH is 1. The number of rotatable bonds is 5. The van der Waals surface area contributed by atoms with Crippen molar-refractivity contribution in [3.8, 4) is 17.1 Å². The van der Waals surface area contributed by atoms with Crippen LogP contribution in [0.5, 0.6) is 5.88 Å². The maximum atomic E-state index is 13.6. The minimum atomic E-state index is -4.47. The zero-order chi connectivity index (χ0) is 26.5. The average Bonchev–Trinajstić information content (AvgIpc) is 2.81. The molecule has 0 saturated heterocycles. The number of nitrogens with one attached hydrogen (secondary N) is 1. The van der Waals surface area contributed by atoms with Gasteiger partial charge >= 0.3 is 6.18 Å². The number of sulfonamides is 1. The highest BCUT2D eigenvalue weighted by Gasteiger charge is 2.40. The quantitative estimate of drug-likeness (QED) is 0.437. The molecule has 2 aromatic carbocycles. The van der Waals surface area contributed by atoms with Crippen molar-refractivity contribution in [1.29, 1.82) is 5.41 Å². The van der Waals surface area contributed by atoms with Crippen molar-refractivity contribution < 1.29 is 31.4 Å². The van der Waals surface area contributed by atoms with Gasteiger partial charge in [-0.3, -0.25) is 4.31 Å². The molecule has 1 aliphatic rings. The molecule has 3 aromatic rings. The Morgan fingerprint density at radius 1 is 1.17 bits per heavy atom. The van der Waals surface area contributed by atoms with Crippen molar-refractivity contribution in [2.45, 2.75) is 30.5 Å². The van der Waals surface area contributed by atoms with Crippen molar-refractivity contribution in [2.75, 3.05) is 17.5 Å². The number of aromatic nitrogens is 1. The first-order chi connectivity index (χ1) is 16.7. The normalized spacial score (nSPS) is 15.2. The lowest BCUT2D eigenvalue weighted by atomic mass is 10.1. The SMILES string of the molecule is CC1(C)CN(S(=O)(=O)c2ccc(C(=N)CO)c(Cl)c2)c2ccc(-c3ccc(C(F)(F)F)cc3)nc2O1. The van der Waals surface area contributed by atoms with E-state index in [0.717, 1.165) is 16.4 Å². The van der Waals surface area contributed by atoms with Gasteiger partial charge in [0.1, 0.15) is 11.3 Å². The van der Waals surface area contributed by atoms with Gasteiger partial charge < -0.3 is 15.3 Å². The summed E-state index contributed by atoms with van der Waals surface area (Å²) in [6, 6.07) is 11.3. The van der Waals surface area contributed by atoms with E-state index in [1.54, 1.807) is 13.8 Å². The van der Waals surface area contributed by atoms with Gasteiger partial charge in [0.2, 0.25) is 5.88 Å². The van der Waals surface area contributed by atoms with E-state index >= 15 is 0 Å². The van der Waals surface area contributed by atoms with Crippen LogP contribution in [0.3, 0.4) is 0 Å². The second-order valence-electron chi connectivity index (χ2n) is 8.75. The van der Waals surface area contributed by atoms with E-state index in [9.17, 15) is 26.7 Å². The number of aliphatic hydroxyl groups is 1. The molecule has 4 rings (SSSR count). The first kappa shape index (κ1) is 25.9. The summed E-state index contributed by atoms with van der Waals surface area (Å²) in [5.74, 6) is 0.0111. The Morgan fingerprint density at radius 3 is 2.42 bits per heavy atom. The van der Waals surface area contributed by atoms with Crippen LogP contribution in [-0.4, -0.2) is 43.0 Å². The fourth-order valence-electron chi connectivity index (χ4n) is 3.74. The van der Waals surface area contributed by atoms with Gasteiger partial charge in [-0.05, 0) is 50.2 Å². The topological polar surface area (TPSA) is 104 Å². The Hall–Kier alpha value is -3.15. The Labute approximate surface area is 210 Å². The molecule has 36 heavy (non-hydrogen) atoms. The molecule has 0 atom stereocenters. The van der Waals surface area contributed by atoms with Crippen LogP contribution in [0.1, 0.15) is 25.0 Å². The van der Waals surface area contributed by atoms with Crippen LogP contribution >= 0.6 is 11.6 Å². The van der Waals surface area contributed by atoms with Crippen LogP contribution in [0.4, 0.5) is 18.9 Å². The number of ether oxygens (including phenoxy) is 1. The molecule has 0 amide bonds. The lowest BCUT2D eigenvalue weighted by Gasteiger charge is -2.39. The van der Waals surface area contributed by atoms with Gasteiger partial charge in [0.15, 0.2) is 0 Å². The van der Waals surface area contributed by atoms with E-state index in [0.29, 0.717) is 11.3 Å². The molecular formula is C24H21ClF3N3O4S. The number of pyridine rings is 1. The third-order valence-corrected chi connectivity index (χ3v) is 7.59. The molecule has 0 saturated carbocycles. The highest BCUT2D eigenvalue weighted by atomic mass is 35.5. The van der Waals surface area contributed by atoms with Gasteiger partial charge in [-0.1, -0.05) is 29.8 Å². The Bertz CT molecular complexity index is 1440. The zero-order valence-electron chi connectivity index (χ0n) is 19.1. The van der Waals surface area contributed by atoms with Crippen LogP contribution in [-0.2, 0) is 16.2 Å². The van der Waals surface area contributed by atoms with E-state index < -0.39 is 34.0 Å². The summed E-state index contributed by atoms with van der Waals surface area (Å²) in [5.41, 5.74) is -0.834. The fourth-order valence-corrected chi connectivity index (χ4v) is 5.74. The number of benzene rings is 2. The Balaban J connectivity index is 1.75. The van der Waals surface area contributed by atoms with Crippen LogP contribution in [0.15, 0.2) is 59.5 Å². The van der Waals surface area contributed by atoms with Gasteiger partial charge in [0, 0.05) is 11.1 Å². The van der Waals surface area contributed by atoms with Crippen LogP contribution in [0, 0.1) is 5.41 Å². The van der Waals surface area contributed by atoms with Crippen molar-refractivity contribution in [2.24, 2.45) is 0 Å². The number of hydrogen-bond acceptors (Lipinski definition) is 6. The fraction of sp³-hybridized carbons (Fsp3) is 0.250. The third-order valence-electron chi connectivity index (χ3n) is 5.53. The number of anilines is 1.